The van der Waals surface area contributed by atoms with Crippen molar-refractivity contribution < 1.29 is 4.39 Å². The zero-order valence-electron chi connectivity index (χ0n) is 11.4. The van der Waals surface area contributed by atoms with Crippen LogP contribution in [0.5, 0.6) is 0 Å². The molecule has 0 spiro atoms. The Labute approximate surface area is 140 Å². The molecule has 3 aromatic rings. The van der Waals surface area contributed by atoms with Crippen LogP contribution in [0.25, 0.3) is 10.8 Å². The summed E-state index contributed by atoms with van der Waals surface area (Å²) in [5, 5.41) is 2.25. The largest absolute Gasteiger partial charge is 0.206 e. The second-order valence-corrected chi connectivity index (χ2v) is 6.79. The fraction of sp³-hybridized carbons (Fsp3) is 0.111. The molecule has 0 aliphatic heterocycles. The molecule has 21 heavy (non-hydrogen) atoms. The molecule has 0 nitrogen and oxygen atoms in total. The maximum absolute atomic E-state index is 14.4. The normalized spacial score (nSPS) is 12.6. The predicted molar refractivity (Wildman–Crippen MR) is 93.6 cm³/mol. The average molecular weight is 408 g/mol. The first kappa shape index (κ1) is 14.7. The third kappa shape index (κ3) is 2.65. The van der Waals surface area contributed by atoms with Gasteiger partial charge in [0.15, 0.2) is 0 Å². The summed E-state index contributed by atoms with van der Waals surface area (Å²) in [7, 11) is 0. The number of alkyl halides is 1. The molecule has 0 saturated carbocycles. The summed E-state index contributed by atoms with van der Waals surface area (Å²) in [4.78, 5) is -0.171. The molecule has 0 amide bonds. The van der Waals surface area contributed by atoms with Crippen molar-refractivity contribution in [3.63, 3.8) is 0 Å². The van der Waals surface area contributed by atoms with Crippen molar-refractivity contribution in [2.45, 2.75) is 11.8 Å². The lowest BCUT2D eigenvalue weighted by Crippen LogP contribution is -1.99. The van der Waals surface area contributed by atoms with Gasteiger partial charge in [-0.3, -0.25) is 0 Å². The van der Waals surface area contributed by atoms with Crippen molar-refractivity contribution in [2.75, 3.05) is 0 Å². The highest BCUT2D eigenvalue weighted by atomic mass is 79.9. The van der Waals surface area contributed by atoms with Gasteiger partial charge in [0.25, 0.3) is 0 Å². The quantitative estimate of drug-likeness (QED) is 0.423. The van der Waals surface area contributed by atoms with Crippen molar-refractivity contribution in [3.05, 3.63) is 81.6 Å². The lowest BCUT2D eigenvalue weighted by atomic mass is 9.97. The van der Waals surface area contributed by atoms with Gasteiger partial charge in [-0.25, -0.2) is 4.39 Å². The molecule has 1 unspecified atom stereocenters. The summed E-state index contributed by atoms with van der Waals surface area (Å²) in [6.07, 6.45) is 0. The van der Waals surface area contributed by atoms with Crippen LogP contribution >= 0.6 is 31.9 Å². The van der Waals surface area contributed by atoms with Gasteiger partial charge in [0.05, 0.1) is 4.83 Å². The number of rotatable bonds is 2. The molecule has 0 bridgehead atoms. The highest BCUT2D eigenvalue weighted by Gasteiger charge is 2.18. The van der Waals surface area contributed by atoms with Crippen LogP contribution in [0, 0.1) is 12.7 Å². The molecule has 0 fully saturated rings. The van der Waals surface area contributed by atoms with E-state index in [9.17, 15) is 4.39 Å². The van der Waals surface area contributed by atoms with Gasteiger partial charge >= 0.3 is 0 Å². The van der Waals surface area contributed by atoms with E-state index in [1.54, 1.807) is 13.0 Å². The number of hydrogen-bond donors (Lipinski definition) is 0. The maximum Gasteiger partial charge on any atom is 0.130 e. The highest BCUT2D eigenvalue weighted by Crippen LogP contribution is 2.38. The van der Waals surface area contributed by atoms with Crippen LogP contribution in [0.1, 0.15) is 21.5 Å². The molecule has 3 heteroatoms. The van der Waals surface area contributed by atoms with Crippen molar-refractivity contribution in [2.24, 2.45) is 0 Å². The van der Waals surface area contributed by atoms with Gasteiger partial charge in [0, 0.05) is 10.0 Å². The van der Waals surface area contributed by atoms with E-state index in [2.05, 4.69) is 44.0 Å². The molecule has 106 valence electrons. The van der Waals surface area contributed by atoms with E-state index in [4.69, 9.17) is 0 Å². The van der Waals surface area contributed by atoms with Gasteiger partial charge in [0.2, 0.25) is 0 Å². The molecule has 0 N–H and O–H groups in total. The summed E-state index contributed by atoms with van der Waals surface area (Å²) in [6, 6.07) is 17.7. The van der Waals surface area contributed by atoms with Gasteiger partial charge in [0.1, 0.15) is 5.82 Å². The Hall–Kier alpha value is -1.19. The molecule has 1 atom stereocenters. The van der Waals surface area contributed by atoms with Crippen LogP contribution in [0.4, 0.5) is 4.39 Å². The van der Waals surface area contributed by atoms with E-state index >= 15 is 0 Å². The predicted octanol–water partition coefficient (Wildman–Crippen LogP) is 6.53. The Morgan fingerprint density at radius 2 is 1.57 bits per heavy atom. The van der Waals surface area contributed by atoms with E-state index in [1.807, 2.05) is 36.4 Å². The maximum atomic E-state index is 14.4. The second kappa shape index (κ2) is 5.90. The molecule has 0 saturated heterocycles. The van der Waals surface area contributed by atoms with Crippen LogP contribution in [0.3, 0.4) is 0 Å². The van der Waals surface area contributed by atoms with Crippen LogP contribution < -0.4 is 0 Å². The van der Waals surface area contributed by atoms with Crippen LogP contribution in [0.15, 0.2) is 59.1 Å². The smallest absolute Gasteiger partial charge is 0.130 e. The summed E-state index contributed by atoms with van der Waals surface area (Å²) in [5.41, 5.74) is 2.40. The fourth-order valence-electron chi connectivity index (χ4n) is 2.54. The fourth-order valence-corrected chi connectivity index (χ4v) is 3.77. The second-order valence-electron chi connectivity index (χ2n) is 5.02. The van der Waals surface area contributed by atoms with E-state index in [1.165, 1.54) is 0 Å². The monoisotopic (exact) mass is 406 g/mol. The SMILES string of the molecule is Cc1cccc(C(Br)c2ccc(Br)c3ccccc23)c1F. The molecule has 0 aromatic heterocycles. The van der Waals surface area contributed by atoms with Crippen molar-refractivity contribution >= 4 is 42.6 Å². The first-order valence-electron chi connectivity index (χ1n) is 6.66. The number of benzene rings is 3. The zero-order valence-corrected chi connectivity index (χ0v) is 14.6. The molecular weight excluding hydrogens is 395 g/mol. The topological polar surface area (TPSA) is 0 Å². The van der Waals surface area contributed by atoms with Crippen molar-refractivity contribution in [1.82, 2.24) is 0 Å². The summed E-state index contributed by atoms with van der Waals surface area (Å²) in [5.74, 6) is -0.147. The molecule has 3 aromatic carbocycles. The Morgan fingerprint density at radius 3 is 2.33 bits per heavy atom. The molecule has 3 rings (SSSR count). The Balaban J connectivity index is 2.21. The molecular formula is C18H13Br2F. The van der Waals surface area contributed by atoms with E-state index in [0.717, 1.165) is 20.8 Å². The lowest BCUT2D eigenvalue weighted by molar-refractivity contribution is 0.604. The first-order chi connectivity index (χ1) is 10.1. The van der Waals surface area contributed by atoms with Gasteiger partial charge in [-0.15, -0.1) is 0 Å². The molecule has 0 radical (unpaired) electrons. The van der Waals surface area contributed by atoms with Crippen molar-refractivity contribution in [3.8, 4) is 0 Å². The third-order valence-electron chi connectivity index (χ3n) is 3.67. The number of hydrogen-bond acceptors (Lipinski definition) is 0. The van der Waals surface area contributed by atoms with E-state index in [0.29, 0.717) is 11.1 Å². The molecule has 0 aliphatic carbocycles. The number of halogens is 3. The van der Waals surface area contributed by atoms with Crippen LogP contribution in [-0.4, -0.2) is 0 Å². The minimum Gasteiger partial charge on any atom is -0.206 e. The minimum absolute atomic E-state index is 0.147. The van der Waals surface area contributed by atoms with E-state index in [-0.39, 0.29) is 10.6 Å². The third-order valence-corrected chi connectivity index (χ3v) is 5.35. The summed E-state index contributed by atoms with van der Waals surface area (Å²) >= 11 is 7.24. The Bertz CT molecular complexity index is 811. The standard InChI is InChI=1S/C18H13Br2F/c1-11-5-4-8-15(18(11)21)17(20)14-9-10-16(19)13-7-3-2-6-12(13)14/h2-10,17H,1H3. The Kier molecular flexibility index (Phi) is 4.14. The van der Waals surface area contributed by atoms with Gasteiger partial charge < -0.3 is 0 Å². The van der Waals surface area contributed by atoms with Gasteiger partial charge in [-0.2, -0.15) is 0 Å². The average Bonchev–Trinajstić information content (AvgIpc) is 2.50. The highest BCUT2D eigenvalue weighted by molar-refractivity contribution is 9.10. The van der Waals surface area contributed by atoms with Gasteiger partial charge in [-0.05, 0) is 34.9 Å². The molecule has 0 heterocycles. The van der Waals surface area contributed by atoms with E-state index < -0.39 is 0 Å². The first-order valence-corrected chi connectivity index (χ1v) is 8.36. The van der Waals surface area contributed by atoms with Crippen LogP contribution in [0.2, 0.25) is 0 Å². The lowest BCUT2D eigenvalue weighted by Gasteiger charge is -2.16. The summed E-state index contributed by atoms with van der Waals surface area (Å²) in [6.45, 7) is 1.79. The van der Waals surface area contributed by atoms with Crippen LogP contribution in [-0.2, 0) is 0 Å². The van der Waals surface area contributed by atoms with Crippen molar-refractivity contribution in [1.29, 1.82) is 0 Å². The molecule has 0 aliphatic rings. The number of aryl methyl sites for hydroxylation is 1. The zero-order chi connectivity index (χ0) is 15.0. The van der Waals surface area contributed by atoms with Gasteiger partial charge in [-0.1, -0.05) is 80.4 Å². The minimum atomic E-state index is -0.171. The summed E-state index contributed by atoms with van der Waals surface area (Å²) < 4.78 is 15.4. The Morgan fingerprint density at radius 1 is 0.857 bits per heavy atom. The number of fused-ring (bicyclic) bond motifs is 1.